The van der Waals surface area contributed by atoms with Crippen LogP contribution in [0.4, 0.5) is 17.2 Å². The molecule has 3 rings (SSSR count). The fourth-order valence-corrected chi connectivity index (χ4v) is 3.49. The molecule has 4 N–H and O–H groups in total. The Morgan fingerprint density at radius 2 is 1.37 bits per heavy atom. The molecule has 0 saturated carbocycles. The summed E-state index contributed by atoms with van der Waals surface area (Å²) in [5.41, 5.74) is 1.61. The van der Waals surface area contributed by atoms with E-state index in [4.69, 9.17) is 0 Å². The van der Waals surface area contributed by atoms with Gasteiger partial charge in [0.15, 0.2) is 5.82 Å². The third-order valence-electron chi connectivity index (χ3n) is 5.19. The number of unbranched alkanes of at least 4 members (excludes halogenated alkanes) is 1. The Hall–Kier alpha value is -4.35. The first-order valence-electron chi connectivity index (χ1n) is 11.1. The summed E-state index contributed by atoms with van der Waals surface area (Å²) in [5.74, 6) is -1.04. The number of carbonyl (C=O) groups excluding carboxylic acids is 4. The minimum absolute atomic E-state index is 0.0950. The molecule has 0 spiro atoms. The monoisotopic (exact) mass is 482 g/mol. The molecule has 4 amide bonds. The Balaban J connectivity index is 1.67. The van der Waals surface area contributed by atoms with Crippen LogP contribution in [-0.2, 0) is 25.9 Å². The van der Waals surface area contributed by atoms with E-state index in [1.165, 1.54) is 23.8 Å². The second-order valence-electron chi connectivity index (χ2n) is 8.21. The van der Waals surface area contributed by atoms with Gasteiger partial charge in [-0.2, -0.15) is 0 Å². The van der Waals surface area contributed by atoms with Gasteiger partial charge < -0.3 is 35.0 Å². The van der Waals surface area contributed by atoms with Crippen molar-refractivity contribution < 1.29 is 19.2 Å². The molecule has 0 aromatic carbocycles. The Bertz CT molecular complexity index is 1270. The number of nitrogens with zero attached hydrogens (tertiary/aromatic N) is 4. The van der Waals surface area contributed by atoms with Crippen LogP contribution < -0.4 is 21.3 Å². The molecular formula is C23H30N8O4. The van der Waals surface area contributed by atoms with Crippen LogP contribution in [0.1, 0.15) is 58.3 Å². The summed E-state index contributed by atoms with van der Waals surface area (Å²) < 4.78 is 4.71. The molecule has 0 unspecified atom stereocenters. The van der Waals surface area contributed by atoms with Gasteiger partial charge in [0.05, 0.1) is 11.4 Å². The van der Waals surface area contributed by atoms with Gasteiger partial charge in [-0.1, -0.05) is 13.3 Å². The molecule has 0 radical (unpaired) electrons. The van der Waals surface area contributed by atoms with Crippen LogP contribution in [0.3, 0.4) is 0 Å². The van der Waals surface area contributed by atoms with Crippen LogP contribution in [0.2, 0.25) is 0 Å². The van der Waals surface area contributed by atoms with Crippen LogP contribution in [0.5, 0.6) is 0 Å². The molecule has 0 saturated heterocycles. The van der Waals surface area contributed by atoms with E-state index in [1.54, 1.807) is 48.7 Å². The summed E-state index contributed by atoms with van der Waals surface area (Å²) in [6.45, 7) is 3.99. The highest BCUT2D eigenvalue weighted by Gasteiger charge is 2.19. The lowest BCUT2D eigenvalue weighted by Crippen LogP contribution is -2.26. The van der Waals surface area contributed by atoms with Crippen molar-refractivity contribution in [1.82, 2.24) is 24.0 Å². The second kappa shape index (κ2) is 10.7. The van der Waals surface area contributed by atoms with Crippen LogP contribution in [0.25, 0.3) is 0 Å². The van der Waals surface area contributed by atoms with Gasteiger partial charge in [-0.15, -0.1) is 0 Å². The largest absolute Gasteiger partial charge is 0.351 e. The summed E-state index contributed by atoms with van der Waals surface area (Å²) in [4.78, 5) is 53.2. The highest BCUT2D eigenvalue weighted by Crippen LogP contribution is 2.18. The summed E-state index contributed by atoms with van der Waals surface area (Å²) in [7, 11) is 5.04. The summed E-state index contributed by atoms with van der Waals surface area (Å²) >= 11 is 0. The summed E-state index contributed by atoms with van der Waals surface area (Å²) in [6.07, 6.45) is 6.66. The Morgan fingerprint density at radius 1 is 0.800 bits per heavy atom. The predicted octanol–water partition coefficient (Wildman–Crippen LogP) is 2.09. The lowest BCUT2D eigenvalue weighted by Gasteiger charge is -2.04. The zero-order valence-corrected chi connectivity index (χ0v) is 20.4. The van der Waals surface area contributed by atoms with Crippen molar-refractivity contribution in [3.63, 3.8) is 0 Å². The van der Waals surface area contributed by atoms with Gasteiger partial charge in [-0.3, -0.25) is 19.2 Å². The van der Waals surface area contributed by atoms with Crippen molar-refractivity contribution >= 4 is 40.8 Å². The first-order valence-corrected chi connectivity index (χ1v) is 11.1. The second-order valence-corrected chi connectivity index (χ2v) is 8.21. The van der Waals surface area contributed by atoms with Gasteiger partial charge >= 0.3 is 0 Å². The Kier molecular flexibility index (Phi) is 7.74. The number of aryl methyl sites for hydroxylation is 3. The van der Waals surface area contributed by atoms with Gasteiger partial charge in [0.1, 0.15) is 11.4 Å². The molecule has 0 aliphatic carbocycles. The van der Waals surface area contributed by atoms with E-state index in [2.05, 4.69) is 26.3 Å². The number of carbonyl (C=O) groups is 4. The number of rotatable bonds is 9. The standard InChI is InChI=1S/C23H30N8O4/c1-6-7-8-24-21(33)17-9-15(11-29(17)3)26-22(34)18-10-16(12-30(18)4)27-23(35)20-28-19(13-31(20)5)25-14(2)32/h9-13H,6-8H2,1-5H3,(H,24,33)(H,25,32)(H,26,34)(H,27,35). The SMILES string of the molecule is CCCCNC(=O)c1cc(NC(=O)c2cc(NC(=O)c3nc(NC(C)=O)cn3C)cn2C)cn1C. The predicted molar refractivity (Wildman–Crippen MR) is 131 cm³/mol. The maximum atomic E-state index is 12.9. The van der Waals surface area contributed by atoms with Gasteiger partial charge in [-0.05, 0) is 18.6 Å². The first-order chi connectivity index (χ1) is 16.6. The molecule has 186 valence electrons. The number of nitrogens with one attached hydrogen (secondary N) is 4. The number of hydrogen-bond acceptors (Lipinski definition) is 5. The smallest absolute Gasteiger partial charge is 0.291 e. The molecule has 0 bridgehead atoms. The quantitative estimate of drug-likeness (QED) is 0.345. The van der Waals surface area contributed by atoms with Gasteiger partial charge in [0, 0.05) is 53.2 Å². The average Bonchev–Trinajstić information content (AvgIpc) is 3.44. The molecular weight excluding hydrogens is 452 g/mol. The van der Waals surface area contributed by atoms with Crippen LogP contribution in [0.15, 0.2) is 30.7 Å². The molecule has 3 aromatic rings. The van der Waals surface area contributed by atoms with Crippen molar-refractivity contribution in [1.29, 1.82) is 0 Å². The lowest BCUT2D eigenvalue weighted by molar-refractivity contribution is -0.114. The summed E-state index contributed by atoms with van der Waals surface area (Å²) in [5, 5.41) is 10.9. The summed E-state index contributed by atoms with van der Waals surface area (Å²) in [6, 6.07) is 3.14. The molecule has 3 aromatic heterocycles. The Morgan fingerprint density at radius 3 is 1.94 bits per heavy atom. The molecule has 0 fully saturated rings. The van der Waals surface area contributed by atoms with Gasteiger partial charge in [0.2, 0.25) is 11.7 Å². The number of hydrogen-bond donors (Lipinski definition) is 4. The lowest BCUT2D eigenvalue weighted by atomic mass is 10.3. The first kappa shape index (κ1) is 25.3. The molecule has 12 nitrogen and oxygen atoms in total. The molecule has 0 atom stereocenters. The van der Waals surface area contributed by atoms with Crippen molar-refractivity contribution in [2.24, 2.45) is 21.1 Å². The van der Waals surface area contributed by atoms with E-state index in [9.17, 15) is 19.2 Å². The van der Waals surface area contributed by atoms with E-state index in [0.717, 1.165) is 12.8 Å². The van der Waals surface area contributed by atoms with Crippen molar-refractivity contribution in [3.8, 4) is 0 Å². The van der Waals surface area contributed by atoms with E-state index >= 15 is 0 Å². The number of anilines is 3. The van der Waals surface area contributed by atoms with E-state index < -0.39 is 11.8 Å². The zero-order valence-electron chi connectivity index (χ0n) is 20.4. The highest BCUT2D eigenvalue weighted by molar-refractivity contribution is 6.07. The van der Waals surface area contributed by atoms with Gasteiger partial charge in [0.25, 0.3) is 17.7 Å². The average molecular weight is 483 g/mol. The molecule has 0 aliphatic heterocycles. The highest BCUT2D eigenvalue weighted by atomic mass is 16.2. The maximum absolute atomic E-state index is 12.9. The number of amides is 4. The molecule has 0 aliphatic rings. The maximum Gasteiger partial charge on any atom is 0.291 e. The number of imidazole rings is 1. The van der Waals surface area contributed by atoms with Crippen LogP contribution in [-0.4, -0.2) is 48.9 Å². The van der Waals surface area contributed by atoms with Crippen LogP contribution >= 0.6 is 0 Å². The van der Waals surface area contributed by atoms with Crippen molar-refractivity contribution in [3.05, 3.63) is 47.9 Å². The fourth-order valence-electron chi connectivity index (χ4n) is 3.49. The van der Waals surface area contributed by atoms with Gasteiger partial charge in [-0.25, -0.2) is 4.98 Å². The third kappa shape index (κ3) is 6.16. The molecule has 35 heavy (non-hydrogen) atoms. The van der Waals surface area contributed by atoms with E-state index in [1.807, 2.05) is 6.92 Å². The fraction of sp³-hybridized carbons (Fsp3) is 0.348. The van der Waals surface area contributed by atoms with E-state index in [-0.39, 0.29) is 23.5 Å². The van der Waals surface area contributed by atoms with Crippen LogP contribution in [0, 0.1) is 0 Å². The van der Waals surface area contributed by atoms with Crippen molar-refractivity contribution in [2.75, 3.05) is 22.5 Å². The molecule has 3 heterocycles. The minimum atomic E-state index is -0.497. The number of aromatic nitrogens is 4. The zero-order chi connectivity index (χ0) is 25.7. The topological polar surface area (TPSA) is 144 Å². The Labute approximate surface area is 202 Å². The van der Waals surface area contributed by atoms with E-state index in [0.29, 0.717) is 29.3 Å². The minimum Gasteiger partial charge on any atom is -0.351 e. The molecule has 12 heteroatoms. The third-order valence-corrected chi connectivity index (χ3v) is 5.19. The normalized spacial score (nSPS) is 10.7. The van der Waals surface area contributed by atoms with Crippen molar-refractivity contribution in [2.45, 2.75) is 26.7 Å².